The number of carbonyl (C=O) groups excluding carboxylic acids is 1. The first kappa shape index (κ1) is 16.6. The number of aryl methyl sites for hydroxylation is 1. The molecule has 0 saturated carbocycles. The zero-order valence-corrected chi connectivity index (χ0v) is 14.0. The van der Waals surface area contributed by atoms with Crippen molar-refractivity contribution in [1.82, 2.24) is 15.6 Å². The lowest BCUT2D eigenvalue weighted by atomic mass is 10.1. The van der Waals surface area contributed by atoms with Crippen LogP contribution in [0.4, 0.5) is 0 Å². The molecule has 130 valence electrons. The summed E-state index contributed by atoms with van der Waals surface area (Å²) in [5.41, 5.74) is 1.59. The largest absolute Gasteiger partial charge is 0.493 e. The standard InChI is InChI=1S/C17H17N3O5/c1-10-6-13(20-24-10)17(21)18-9-12-8-15(25-19-12)11-4-5-14(22-2)16(7-11)23-3/h4-8H,9H2,1-3H3,(H,18,21). The average Bonchev–Trinajstić information content (AvgIpc) is 3.28. The molecule has 0 radical (unpaired) electrons. The minimum atomic E-state index is -0.340. The SMILES string of the molecule is COc1ccc(-c2cc(CNC(=O)c3cc(C)on3)no2)cc1OC. The number of amides is 1. The summed E-state index contributed by atoms with van der Waals surface area (Å²) in [5.74, 6) is 2.01. The van der Waals surface area contributed by atoms with Crippen LogP contribution in [0, 0.1) is 6.92 Å². The summed E-state index contributed by atoms with van der Waals surface area (Å²) in [7, 11) is 3.14. The van der Waals surface area contributed by atoms with Crippen LogP contribution in [-0.4, -0.2) is 30.4 Å². The van der Waals surface area contributed by atoms with Crippen LogP contribution in [0.1, 0.15) is 21.9 Å². The molecule has 1 amide bonds. The predicted molar refractivity (Wildman–Crippen MR) is 87.5 cm³/mol. The highest BCUT2D eigenvalue weighted by atomic mass is 16.5. The van der Waals surface area contributed by atoms with Crippen LogP contribution in [0.25, 0.3) is 11.3 Å². The van der Waals surface area contributed by atoms with Gasteiger partial charge in [-0.3, -0.25) is 4.79 Å². The lowest BCUT2D eigenvalue weighted by molar-refractivity contribution is 0.0941. The molecule has 0 spiro atoms. The molecule has 1 N–H and O–H groups in total. The highest BCUT2D eigenvalue weighted by Crippen LogP contribution is 2.32. The monoisotopic (exact) mass is 343 g/mol. The summed E-state index contributed by atoms with van der Waals surface area (Å²) in [5, 5.41) is 10.3. The van der Waals surface area contributed by atoms with Crippen LogP contribution in [0.2, 0.25) is 0 Å². The van der Waals surface area contributed by atoms with Crippen molar-refractivity contribution in [2.24, 2.45) is 0 Å². The molecule has 0 fully saturated rings. The molecule has 2 aromatic heterocycles. The van der Waals surface area contributed by atoms with Crippen molar-refractivity contribution in [3.8, 4) is 22.8 Å². The molecule has 0 aliphatic rings. The molecule has 0 atom stereocenters. The van der Waals surface area contributed by atoms with Gasteiger partial charge in [0.1, 0.15) is 11.5 Å². The molecule has 0 saturated heterocycles. The molecule has 3 rings (SSSR count). The van der Waals surface area contributed by atoms with E-state index in [0.29, 0.717) is 28.7 Å². The van der Waals surface area contributed by atoms with Gasteiger partial charge in [-0.15, -0.1) is 0 Å². The maximum atomic E-state index is 11.9. The fourth-order valence-electron chi connectivity index (χ4n) is 2.26. The van der Waals surface area contributed by atoms with Gasteiger partial charge in [0.2, 0.25) is 0 Å². The van der Waals surface area contributed by atoms with E-state index in [1.54, 1.807) is 45.4 Å². The van der Waals surface area contributed by atoms with E-state index in [0.717, 1.165) is 5.56 Å². The lowest BCUT2D eigenvalue weighted by Crippen LogP contribution is -2.23. The number of hydrogen-bond donors (Lipinski definition) is 1. The molecular formula is C17H17N3O5. The Morgan fingerprint density at radius 1 is 1.08 bits per heavy atom. The summed E-state index contributed by atoms with van der Waals surface area (Å²) in [6, 6.07) is 8.72. The Bertz CT molecular complexity index is 884. The zero-order chi connectivity index (χ0) is 17.8. The van der Waals surface area contributed by atoms with Gasteiger partial charge in [0.05, 0.1) is 20.8 Å². The summed E-state index contributed by atoms with van der Waals surface area (Å²) >= 11 is 0. The fourth-order valence-corrected chi connectivity index (χ4v) is 2.26. The van der Waals surface area contributed by atoms with E-state index < -0.39 is 0 Å². The Kier molecular flexibility index (Phi) is 4.69. The molecule has 8 heteroatoms. The van der Waals surface area contributed by atoms with E-state index in [1.807, 2.05) is 6.07 Å². The molecule has 25 heavy (non-hydrogen) atoms. The Balaban J connectivity index is 1.69. The maximum absolute atomic E-state index is 11.9. The summed E-state index contributed by atoms with van der Waals surface area (Å²) < 4.78 is 20.7. The molecular weight excluding hydrogens is 326 g/mol. The van der Waals surface area contributed by atoms with Gasteiger partial charge in [0.25, 0.3) is 5.91 Å². The van der Waals surface area contributed by atoms with Crippen molar-refractivity contribution >= 4 is 5.91 Å². The second-order valence-electron chi connectivity index (χ2n) is 5.26. The van der Waals surface area contributed by atoms with E-state index >= 15 is 0 Å². The third kappa shape index (κ3) is 3.63. The maximum Gasteiger partial charge on any atom is 0.273 e. The number of aromatic nitrogens is 2. The number of methoxy groups -OCH3 is 2. The smallest absolute Gasteiger partial charge is 0.273 e. The van der Waals surface area contributed by atoms with Crippen molar-refractivity contribution in [2.45, 2.75) is 13.5 Å². The molecule has 8 nitrogen and oxygen atoms in total. The predicted octanol–water partition coefficient (Wildman–Crippen LogP) is 2.59. The van der Waals surface area contributed by atoms with Crippen LogP contribution in [0.15, 0.2) is 39.4 Å². The molecule has 3 aromatic rings. The van der Waals surface area contributed by atoms with Gasteiger partial charge >= 0.3 is 0 Å². The van der Waals surface area contributed by atoms with Gasteiger partial charge in [0.15, 0.2) is 23.0 Å². The second kappa shape index (κ2) is 7.08. The van der Waals surface area contributed by atoms with Crippen LogP contribution >= 0.6 is 0 Å². The van der Waals surface area contributed by atoms with E-state index in [1.165, 1.54) is 0 Å². The van der Waals surface area contributed by atoms with E-state index in [4.69, 9.17) is 18.5 Å². The first-order chi connectivity index (χ1) is 12.1. The highest BCUT2D eigenvalue weighted by molar-refractivity contribution is 5.92. The fraction of sp³-hybridized carbons (Fsp3) is 0.235. The Labute approximate surface area is 143 Å². The number of nitrogens with zero attached hydrogens (tertiary/aromatic N) is 2. The average molecular weight is 343 g/mol. The molecule has 0 aliphatic heterocycles. The molecule has 0 bridgehead atoms. The van der Waals surface area contributed by atoms with Gasteiger partial charge in [-0.25, -0.2) is 0 Å². The van der Waals surface area contributed by atoms with Gasteiger partial charge in [-0.1, -0.05) is 10.3 Å². The number of benzene rings is 1. The number of nitrogens with one attached hydrogen (secondary N) is 1. The van der Waals surface area contributed by atoms with Crippen LogP contribution in [0.3, 0.4) is 0 Å². The highest BCUT2D eigenvalue weighted by Gasteiger charge is 2.13. The van der Waals surface area contributed by atoms with Gasteiger partial charge in [-0.05, 0) is 25.1 Å². The van der Waals surface area contributed by atoms with Gasteiger partial charge < -0.3 is 23.8 Å². The number of rotatable bonds is 6. The van der Waals surface area contributed by atoms with Gasteiger partial charge in [0, 0.05) is 17.7 Å². The van der Waals surface area contributed by atoms with Crippen LogP contribution in [0.5, 0.6) is 11.5 Å². The third-order valence-electron chi connectivity index (χ3n) is 3.52. The number of carbonyl (C=O) groups is 1. The topological polar surface area (TPSA) is 99.6 Å². The van der Waals surface area contributed by atoms with Crippen molar-refractivity contribution < 1.29 is 23.3 Å². The second-order valence-corrected chi connectivity index (χ2v) is 5.26. The van der Waals surface area contributed by atoms with Crippen LogP contribution < -0.4 is 14.8 Å². The summed E-state index contributed by atoms with van der Waals surface area (Å²) in [6.45, 7) is 1.93. The summed E-state index contributed by atoms with van der Waals surface area (Å²) in [4.78, 5) is 11.9. The molecule has 2 heterocycles. The van der Waals surface area contributed by atoms with Crippen molar-refractivity contribution in [3.05, 3.63) is 47.5 Å². The molecule has 0 aliphatic carbocycles. The Morgan fingerprint density at radius 2 is 1.88 bits per heavy atom. The normalized spacial score (nSPS) is 10.5. The molecule has 1 aromatic carbocycles. The summed E-state index contributed by atoms with van der Waals surface area (Å²) in [6.07, 6.45) is 0. The quantitative estimate of drug-likeness (QED) is 0.734. The third-order valence-corrected chi connectivity index (χ3v) is 3.52. The van der Waals surface area contributed by atoms with Crippen molar-refractivity contribution in [1.29, 1.82) is 0 Å². The van der Waals surface area contributed by atoms with Gasteiger partial charge in [-0.2, -0.15) is 0 Å². The number of hydrogen-bond acceptors (Lipinski definition) is 7. The Morgan fingerprint density at radius 3 is 2.56 bits per heavy atom. The minimum Gasteiger partial charge on any atom is -0.493 e. The van der Waals surface area contributed by atoms with Crippen molar-refractivity contribution in [3.63, 3.8) is 0 Å². The van der Waals surface area contributed by atoms with E-state index in [2.05, 4.69) is 15.6 Å². The van der Waals surface area contributed by atoms with E-state index in [9.17, 15) is 4.79 Å². The zero-order valence-electron chi connectivity index (χ0n) is 14.0. The van der Waals surface area contributed by atoms with Crippen molar-refractivity contribution in [2.75, 3.05) is 14.2 Å². The first-order valence-corrected chi connectivity index (χ1v) is 7.50. The van der Waals surface area contributed by atoms with E-state index in [-0.39, 0.29) is 18.1 Å². The Hall–Kier alpha value is -3.29. The van der Waals surface area contributed by atoms with Crippen LogP contribution in [-0.2, 0) is 6.54 Å². The minimum absolute atomic E-state index is 0.210. The first-order valence-electron chi connectivity index (χ1n) is 7.50. The number of ether oxygens (including phenoxy) is 2. The molecule has 0 unspecified atom stereocenters. The lowest BCUT2D eigenvalue weighted by Gasteiger charge is -2.07.